The van der Waals surface area contributed by atoms with Gasteiger partial charge in [0.25, 0.3) is 17.5 Å². The third kappa shape index (κ3) is 5.01. The summed E-state index contributed by atoms with van der Waals surface area (Å²) in [5.41, 5.74) is 1.35. The van der Waals surface area contributed by atoms with E-state index in [-0.39, 0.29) is 23.9 Å². The van der Waals surface area contributed by atoms with Gasteiger partial charge in [0.2, 0.25) is 0 Å². The van der Waals surface area contributed by atoms with Gasteiger partial charge in [-0.3, -0.25) is 19.7 Å². The Balaban J connectivity index is 1.70. The Hall–Kier alpha value is -4.28. The SMILES string of the molecule is Cc1c(C(=O)Nc2ccc(OCC(=O)N(C)C)cc2)nnn1-c1cccc([N+](=O)[O-])c1. The van der Waals surface area contributed by atoms with Gasteiger partial charge in [-0.25, -0.2) is 4.68 Å². The predicted molar refractivity (Wildman–Crippen MR) is 111 cm³/mol. The molecule has 0 aliphatic rings. The van der Waals surface area contributed by atoms with Crippen LogP contribution in [-0.4, -0.2) is 57.3 Å². The topological polar surface area (TPSA) is 132 Å². The molecule has 1 aromatic heterocycles. The van der Waals surface area contributed by atoms with Crippen LogP contribution in [-0.2, 0) is 4.79 Å². The third-order valence-electron chi connectivity index (χ3n) is 4.37. The summed E-state index contributed by atoms with van der Waals surface area (Å²) < 4.78 is 6.76. The van der Waals surface area contributed by atoms with Gasteiger partial charge in [0, 0.05) is 31.9 Å². The van der Waals surface area contributed by atoms with Crippen LogP contribution in [0.4, 0.5) is 11.4 Å². The van der Waals surface area contributed by atoms with Crippen LogP contribution >= 0.6 is 0 Å². The number of nitro benzene ring substituents is 1. The lowest BCUT2D eigenvalue weighted by Crippen LogP contribution is -2.27. The summed E-state index contributed by atoms with van der Waals surface area (Å²) >= 11 is 0. The first-order chi connectivity index (χ1) is 14.8. The molecule has 0 saturated carbocycles. The number of ether oxygens (including phenoxy) is 1. The number of hydrogen-bond donors (Lipinski definition) is 1. The van der Waals surface area contributed by atoms with Gasteiger partial charge in [-0.2, -0.15) is 0 Å². The Morgan fingerprint density at radius 2 is 1.90 bits per heavy atom. The number of nitrogens with one attached hydrogen (secondary N) is 1. The molecule has 0 aliphatic carbocycles. The van der Waals surface area contributed by atoms with Gasteiger partial charge in [0.1, 0.15) is 5.75 Å². The summed E-state index contributed by atoms with van der Waals surface area (Å²) in [6.07, 6.45) is 0. The summed E-state index contributed by atoms with van der Waals surface area (Å²) in [6, 6.07) is 12.4. The Morgan fingerprint density at radius 3 is 2.55 bits per heavy atom. The molecule has 0 spiro atoms. The lowest BCUT2D eigenvalue weighted by molar-refractivity contribution is -0.384. The molecule has 11 nitrogen and oxygen atoms in total. The molecule has 3 aromatic rings. The van der Waals surface area contributed by atoms with Gasteiger partial charge in [0.05, 0.1) is 16.3 Å². The number of benzene rings is 2. The number of aromatic nitrogens is 3. The molecule has 2 aromatic carbocycles. The van der Waals surface area contributed by atoms with Crippen LogP contribution < -0.4 is 10.1 Å². The number of nitrogens with zero attached hydrogens (tertiary/aromatic N) is 5. The van der Waals surface area contributed by atoms with Crippen LogP contribution in [0.1, 0.15) is 16.2 Å². The van der Waals surface area contributed by atoms with Crippen LogP contribution in [0, 0.1) is 17.0 Å². The van der Waals surface area contributed by atoms with Crippen molar-refractivity contribution in [1.29, 1.82) is 0 Å². The normalized spacial score (nSPS) is 10.4. The minimum atomic E-state index is -0.507. The lowest BCUT2D eigenvalue weighted by atomic mass is 10.2. The average Bonchev–Trinajstić information content (AvgIpc) is 3.14. The van der Waals surface area contributed by atoms with Gasteiger partial charge in [0.15, 0.2) is 12.3 Å². The van der Waals surface area contributed by atoms with Crippen molar-refractivity contribution in [3.63, 3.8) is 0 Å². The van der Waals surface area contributed by atoms with Crippen molar-refractivity contribution in [2.75, 3.05) is 26.0 Å². The van der Waals surface area contributed by atoms with Crippen molar-refractivity contribution in [3.8, 4) is 11.4 Å². The Labute approximate surface area is 177 Å². The molecule has 0 saturated heterocycles. The van der Waals surface area contributed by atoms with Gasteiger partial charge >= 0.3 is 0 Å². The molecule has 0 aliphatic heterocycles. The van der Waals surface area contributed by atoms with Crippen molar-refractivity contribution < 1.29 is 19.2 Å². The van der Waals surface area contributed by atoms with E-state index in [1.165, 1.54) is 27.8 Å². The molecule has 2 amide bonds. The van der Waals surface area contributed by atoms with Crippen LogP contribution in [0.25, 0.3) is 5.69 Å². The molecule has 0 bridgehead atoms. The van der Waals surface area contributed by atoms with Crippen molar-refractivity contribution >= 4 is 23.2 Å². The number of carbonyl (C=O) groups excluding carboxylic acids is 2. The molecule has 31 heavy (non-hydrogen) atoms. The molecular formula is C20H20N6O5. The number of amides is 2. The van der Waals surface area contributed by atoms with E-state index in [1.807, 2.05) is 0 Å². The standard InChI is InChI=1S/C20H20N6O5/c1-13-19(22-23-25(13)15-5-4-6-16(11-15)26(29)30)20(28)21-14-7-9-17(10-8-14)31-12-18(27)24(2)3/h4-11H,12H2,1-3H3,(H,21,28). The highest BCUT2D eigenvalue weighted by atomic mass is 16.6. The van der Waals surface area contributed by atoms with E-state index in [0.717, 1.165) is 0 Å². The van der Waals surface area contributed by atoms with Crippen LogP contribution in [0.2, 0.25) is 0 Å². The molecule has 11 heteroatoms. The van der Waals surface area contributed by atoms with E-state index in [2.05, 4.69) is 15.6 Å². The number of nitro groups is 1. The Morgan fingerprint density at radius 1 is 1.19 bits per heavy atom. The fourth-order valence-corrected chi connectivity index (χ4v) is 2.62. The van der Waals surface area contributed by atoms with Crippen LogP contribution in [0.3, 0.4) is 0 Å². The van der Waals surface area contributed by atoms with Crippen molar-refractivity contribution in [2.24, 2.45) is 0 Å². The molecule has 0 atom stereocenters. The van der Waals surface area contributed by atoms with Crippen molar-refractivity contribution in [1.82, 2.24) is 19.9 Å². The van der Waals surface area contributed by atoms with Crippen molar-refractivity contribution in [2.45, 2.75) is 6.92 Å². The third-order valence-corrected chi connectivity index (χ3v) is 4.37. The van der Waals surface area contributed by atoms with Gasteiger partial charge in [-0.05, 0) is 37.3 Å². The summed E-state index contributed by atoms with van der Waals surface area (Å²) in [7, 11) is 3.28. The number of carbonyl (C=O) groups is 2. The van der Waals surface area contributed by atoms with E-state index < -0.39 is 10.8 Å². The highest BCUT2D eigenvalue weighted by Gasteiger charge is 2.19. The fraction of sp³-hybridized carbons (Fsp3) is 0.200. The summed E-state index contributed by atoms with van der Waals surface area (Å²) in [5.74, 6) is -0.161. The zero-order valence-corrected chi connectivity index (χ0v) is 17.1. The van der Waals surface area contributed by atoms with Crippen LogP contribution in [0.5, 0.6) is 5.75 Å². The molecule has 1 N–H and O–H groups in total. The number of anilines is 1. The zero-order chi connectivity index (χ0) is 22.5. The highest BCUT2D eigenvalue weighted by Crippen LogP contribution is 2.20. The summed E-state index contributed by atoms with van der Waals surface area (Å²) in [4.78, 5) is 36.1. The summed E-state index contributed by atoms with van der Waals surface area (Å²) in [5, 5.41) is 21.5. The van der Waals surface area contributed by atoms with E-state index in [4.69, 9.17) is 4.74 Å². The molecular weight excluding hydrogens is 404 g/mol. The first kappa shape index (κ1) is 21.4. The second kappa shape index (κ2) is 9.03. The minimum Gasteiger partial charge on any atom is -0.484 e. The number of non-ortho nitro benzene ring substituents is 1. The predicted octanol–water partition coefficient (Wildman–Crippen LogP) is 2.20. The monoisotopic (exact) mass is 424 g/mol. The van der Waals surface area contributed by atoms with Gasteiger partial charge < -0.3 is 15.0 Å². The number of likely N-dealkylation sites (N-methyl/N-ethyl adjacent to an activating group) is 1. The quantitative estimate of drug-likeness (QED) is 0.454. The van der Waals surface area contributed by atoms with E-state index in [1.54, 1.807) is 51.4 Å². The largest absolute Gasteiger partial charge is 0.484 e. The van der Waals surface area contributed by atoms with E-state index in [0.29, 0.717) is 22.8 Å². The molecule has 0 radical (unpaired) electrons. The molecule has 0 unspecified atom stereocenters. The summed E-state index contributed by atoms with van der Waals surface area (Å²) in [6.45, 7) is 1.56. The second-order valence-corrected chi connectivity index (χ2v) is 6.77. The molecule has 0 fully saturated rings. The lowest BCUT2D eigenvalue weighted by Gasteiger charge is -2.11. The maximum atomic E-state index is 12.6. The van der Waals surface area contributed by atoms with Crippen molar-refractivity contribution in [3.05, 3.63) is 70.0 Å². The zero-order valence-electron chi connectivity index (χ0n) is 17.1. The maximum absolute atomic E-state index is 12.6. The van der Waals surface area contributed by atoms with E-state index >= 15 is 0 Å². The number of rotatable bonds is 7. The van der Waals surface area contributed by atoms with Gasteiger partial charge in [-0.1, -0.05) is 11.3 Å². The molecule has 1 heterocycles. The number of hydrogen-bond acceptors (Lipinski definition) is 7. The van der Waals surface area contributed by atoms with Crippen LogP contribution in [0.15, 0.2) is 48.5 Å². The average molecular weight is 424 g/mol. The van der Waals surface area contributed by atoms with Gasteiger partial charge in [-0.15, -0.1) is 5.10 Å². The Kier molecular flexibility index (Phi) is 6.24. The molecule has 160 valence electrons. The minimum absolute atomic E-state index is 0.0847. The van der Waals surface area contributed by atoms with E-state index in [9.17, 15) is 19.7 Å². The molecule has 3 rings (SSSR count). The first-order valence-corrected chi connectivity index (χ1v) is 9.17. The smallest absolute Gasteiger partial charge is 0.278 e. The highest BCUT2D eigenvalue weighted by molar-refractivity contribution is 6.03. The maximum Gasteiger partial charge on any atom is 0.278 e. The Bertz CT molecular complexity index is 1120. The fourth-order valence-electron chi connectivity index (χ4n) is 2.62. The second-order valence-electron chi connectivity index (χ2n) is 6.77. The first-order valence-electron chi connectivity index (χ1n) is 9.17.